The predicted molar refractivity (Wildman–Crippen MR) is 65.3 cm³/mol. The molecule has 2 aromatic rings. The van der Waals surface area contributed by atoms with Gasteiger partial charge in [0.1, 0.15) is 5.82 Å². The van der Waals surface area contributed by atoms with E-state index < -0.39 is 17.6 Å². The van der Waals surface area contributed by atoms with Gasteiger partial charge in [-0.3, -0.25) is 4.79 Å². The Morgan fingerprint density at radius 3 is 2.79 bits per heavy atom. The second-order valence-corrected chi connectivity index (χ2v) is 3.94. The molecular formula is C13H10F2N2O2. The van der Waals surface area contributed by atoms with Gasteiger partial charge >= 0.3 is 5.97 Å². The normalized spacial score (nSPS) is 10.4. The molecular weight excluding hydrogens is 254 g/mol. The van der Waals surface area contributed by atoms with Gasteiger partial charge in [0.25, 0.3) is 0 Å². The molecule has 0 aliphatic rings. The second kappa shape index (κ2) is 5.01. The number of pyridine rings is 1. The Labute approximate surface area is 107 Å². The van der Waals surface area contributed by atoms with Crippen LogP contribution in [0.2, 0.25) is 0 Å². The van der Waals surface area contributed by atoms with Crippen LogP contribution in [0.15, 0.2) is 30.5 Å². The predicted octanol–water partition coefficient (Wildman–Crippen LogP) is 2.24. The summed E-state index contributed by atoms with van der Waals surface area (Å²) in [5.41, 5.74) is 6.09. The summed E-state index contributed by atoms with van der Waals surface area (Å²) in [6, 6.07) is 5.15. The Morgan fingerprint density at radius 2 is 2.11 bits per heavy atom. The summed E-state index contributed by atoms with van der Waals surface area (Å²) in [6.07, 6.45) is 0.947. The van der Waals surface area contributed by atoms with Gasteiger partial charge in [-0.15, -0.1) is 0 Å². The van der Waals surface area contributed by atoms with Crippen LogP contribution < -0.4 is 5.73 Å². The lowest BCUT2D eigenvalue weighted by Crippen LogP contribution is -2.05. The largest absolute Gasteiger partial charge is 0.481 e. The first-order valence-corrected chi connectivity index (χ1v) is 5.39. The summed E-state index contributed by atoms with van der Waals surface area (Å²) in [4.78, 5) is 14.5. The van der Waals surface area contributed by atoms with Gasteiger partial charge in [-0.25, -0.2) is 13.8 Å². The molecule has 0 radical (unpaired) electrons. The summed E-state index contributed by atoms with van der Waals surface area (Å²) in [5.74, 6) is -3.00. The van der Waals surface area contributed by atoms with Gasteiger partial charge in [-0.05, 0) is 12.1 Å². The molecule has 98 valence electrons. The number of carboxylic acid groups (broad SMARTS) is 1. The number of carboxylic acids is 1. The van der Waals surface area contributed by atoms with Crippen LogP contribution in [-0.2, 0) is 11.2 Å². The van der Waals surface area contributed by atoms with Crippen LogP contribution in [0.3, 0.4) is 0 Å². The minimum atomic E-state index is -1.08. The minimum Gasteiger partial charge on any atom is -0.481 e. The number of hydrogen-bond acceptors (Lipinski definition) is 3. The lowest BCUT2D eigenvalue weighted by atomic mass is 10.0. The Kier molecular flexibility index (Phi) is 3.41. The zero-order valence-corrected chi connectivity index (χ0v) is 9.73. The molecule has 0 aliphatic carbocycles. The van der Waals surface area contributed by atoms with Crippen LogP contribution in [0.5, 0.6) is 0 Å². The van der Waals surface area contributed by atoms with E-state index >= 15 is 0 Å². The maximum absolute atomic E-state index is 13.6. The Balaban J connectivity index is 2.51. The lowest BCUT2D eigenvalue weighted by molar-refractivity contribution is -0.136. The molecule has 0 amide bonds. The highest BCUT2D eigenvalue weighted by molar-refractivity contribution is 5.74. The van der Waals surface area contributed by atoms with Gasteiger partial charge in [0, 0.05) is 22.9 Å². The Bertz CT molecular complexity index is 645. The van der Waals surface area contributed by atoms with Gasteiger partial charge in [-0.2, -0.15) is 0 Å². The van der Waals surface area contributed by atoms with E-state index in [1.807, 2.05) is 0 Å². The third-order valence-corrected chi connectivity index (χ3v) is 2.61. The van der Waals surface area contributed by atoms with E-state index in [0.29, 0.717) is 0 Å². The van der Waals surface area contributed by atoms with E-state index in [0.717, 1.165) is 6.07 Å². The van der Waals surface area contributed by atoms with Gasteiger partial charge < -0.3 is 10.8 Å². The fraction of sp³-hybridized carbons (Fsp3) is 0.0769. The van der Waals surface area contributed by atoms with Crippen LogP contribution in [0.4, 0.5) is 14.6 Å². The number of nitrogen functional groups attached to an aromatic ring is 1. The molecule has 19 heavy (non-hydrogen) atoms. The van der Waals surface area contributed by atoms with Crippen molar-refractivity contribution >= 4 is 11.8 Å². The number of rotatable bonds is 3. The highest BCUT2D eigenvalue weighted by Crippen LogP contribution is 2.26. The number of benzene rings is 1. The van der Waals surface area contributed by atoms with E-state index in [1.54, 1.807) is 0 Å². The third kappa shape index (κ3) is 2.67. The third-order valence-electron chi connectivity index (χ3n) is 2.61. The maximum Gasteiger partial charge on any atom is 0.307 e. The summed E-state index contributed by atoms with van der Waals surface area (Å²) >= 11 is 0. The van der Waals surface area contributed by atoms with Crippen LogP contribution in [0.25, 0.3) is 11.1 Å². The molecule has 4 nitrogen and oxygen atoms in total. The number of hydrogen-bond donors (Lipinski definition) is 2. The van der Waals surface area contributed by atoms with E-state index in [-0.39, 0.29) is 28.9 Å². The van der Waals surface area contributed by atoms with Crippen molar-refractivity contribution in [3.8, 4) is 11.1 Å². The molecule has 0 spiro atoms. The van der Waals surface area contributed by atoms with Crippen LogP contribution in [-0.4, -0.2) is 16.1 Å². The summed E-state index contributed by atoms with van der Waals surface area (Å²) in [5, 5.41) is 8.73. The van der Waals surface area contributed by atoms with Crippen LogP contribution in [0, 0.1) is 11.6 Å². The summed E-state index contributed by atoms with van der Waals surface area (Å²) < 4.78 is 26.8. The molecule has 6 heteroatoms. The van der Waals surface area contributed by atoms with Gasteiger partial charge in [0.15, 0.2) is 11.6 Å². The van der Waals surface area contributed by atoms with Crippen LogP contribution >= 0.6 is 0 Å². The molecule has 1 aromatic carbocycles. The molecule has 1 aromatic heterocycles. The molecule has 0 atom stereocenters. The fourth-order valence-corrected chi connectivity index (χ4v) is 1.70. The first kappa shape index (κ1) is 12.9. The number of nitrogens with zero attached hydrogens (tertiary/aromatic N) is 1. The minimum absolute atomic E-state index is 0.0131. The molecule has 0 bridgehead atoms. The number of aliphatic carboxylic acids is 1. The first-order valence-electron chi connectivity index (χ1n) is 5.39. The first-order chi connectivity index (χ1) is 8.99. The van der Waals surface area contributed by atoms with Crippen molar-refractivity contribution < 1.29 is 18.7 Å². The van der Waals surface area contributed by atoms with E-state index in [1.165, 1.54) is 24.4 Å². The quantitative estimate of drug-likeness (QED) is 0.891. The number of aromatic nitrogens is 1. The zero-order valence-electron chi connectivity index (χ0n) is 9.73. The van der Waals surface area contributed by atoms with Crippen molar-refractivity contribution in [3.05, 3.63) is 47.7 Å². The number of halogens is 2. The highest BCUT2D eigenvalue weighted by atomic mass is 19.2. The maximum atomic E-state index is 13.6. The SMILES string of the molecule is Nc1ncc(-c2cccc(F)c2F)cc1CC(=O)O. The van der Waals surface area contributed by atoms with Crippen molar-refractivity contribution in [1.29, 1.82) is 0 Å². The van der Waals surface area contributed by atoms with E-state index in [2.05, 4.69) is 4.98 Å². The van der Waals surface area contributed by atoms with Gasteiger partial charge in [0.2, 0.25) is 0 Å². The monoisotopic (exact) mass is 264 g/mol. The smallest absolute Gasteiger partial charge is 0.307 e. The molecule has 0 unspecified atom stereocenters. The van der Waals surface area contributed by atoms with Gasteiger partial charge in [-0.1, -0.05) is 12.1 Å². The van der Waals surface area contributed by atoms with E-state index in [4.69, 9.17) is 10.8 Å². The fourth-order valence-electron chi connectivity index (χ4n) is 1.70. The number of nitrogens with two attached hydrogens (primary N) is 1. The average molecular weight is 264 g/mol. The molecule has 0 fully saturated rings. The van der Waals surface area contributed by atoms with Crippen molar-refractivity contribution in [2.24, 2.45) is 0 Å². The standard InChI is InChI=1S/C13H10F2N2O2/c14-10-3-1-2-9(12(10)15)8-4-7(5-11(18)19)13(16)17-6-8/h1-4,6H,5H2,(H2,16,17)(H,18,19). The molecule has 0 aliphatic heterocycles. The summed E-state index contributed by atoms with van der Waals surface area (Å²) in [7, 11) is 0. The van der Waals surface area contributed by atoms with Crippen molar-refractivity contribution in [3.63, 3.8) is 0 Å². The van der Waals surface area contributed by atoms with E-state index in [9.17, 15) is 13.6 Å². The number of anilines is 1. The Hall–Kier alpha value is -2.50. The Morgan fingerprint density at radius 1 is 1.37 bits per heavy atom. The van der Waals surface area contributed by atoms with Crippen molar-refractivity contribution in [2.45, 2.75) is 6.42 Å². The summed E-state index contributed by atoms with van der Waals surface area (Å²) in [6.45, 7) is 0. The number of carbonyl (C=O) groups is 1. The molecule has 0 saturated carbocycles. The zero-order chi connectivity index (χ0) is 14.0. The molecule has 2 rings (SSSR count). The highest BCUT2D eigenvalue weighted by Gasteiger charge is 2.13. The van der Waals surface area contributed by atoms with Crippen LogP contribution in [0.1, 0.15) is 5.56 Å². The molecule has 3 N–H and O–H groups in total. The average Bonchev–Trinajstić information content (AvgIpc) is 2.35. The molecule has 1 heterocycles. The lowest BCUT2D eigenvalue weighted by Gasteiger charge is -2.07. The topological polar surface area (TPSA) is 76.2 Å². The van der Waals surface area contributed by atoms with Crippen molar-refractivity contribution in [2.75, 3.05) is 5.73 Å². The second-order valence-electron chi connectivity index (χ2n) is 3.94. The van der Waals surface area contributed by atoms with Crippen molar-refractivity contribution in [1.82, 2.24) is 4.98 Å². The van der Waals surface area contributed by atoms with Gasteiger partial charge in [0.05, 0.1) is 6.42 Å². The molecule has 0 saturated heterocycles.